The normalized spacial score (nSPS) is 25.0. The van der Waals surface area contributed by atoms with Gasteiger partial charge in [0.1, 0.15) is 6.34 Å². The smallest absolute Gasteiger partial charge is 0.265 e. The summed E-state index contributed by atoms with van der Waals surface area (Å²) in [5.41, 5.74) is 4.68. The lowest BCUT2D eigenvalue weighted by Crippen LogP contribution is -2.47. The molecule has 1 aliphatic rings. The summed E-state index contributed by atoms with van der Waals surface area (Å²) in [6.07, 6.45) is 1.34. The maximum atomic E-state index is 10.6. The predicted octanol–water partition coefficient (Wildman–Crippen LogP) is -1.99. The predicted molar refractivity (Wildman–Crippen MR) is 30.6 cm³/mol. The molecule has 0 aromatic carbocycles. The number of hydrazine groups is 1. The summed E-state index contributed by atoms with van der Waals surface area (Å²) in [4.78, 5) is 14.2. The summed E-state index contributed by atoms with van der Waals surface area (Å²) in [6, 6.07) is -0.633. The minimum absolute atomic E-state index is 0.246. The Morgan fingerprint density at radius 2 is 2.67 bits per heavy atom. The number of aliphatic hydroxyl groups excluding tert-OH is 1. The largest absolute Gasteiger partial charge is 0.394 e. The van der Waals surface area contributed by atoms with Crippen LogP contribution in [0.1, 0.15) is 0 Å². The summed E-state index contributed by atoms with van der Waals surface area (Å²) < 4.78 is 0. The topological polar surface area (TPSA) is 73.7 Å². The van der Waals surface area contributed by atoms with Gasteiger partial charge in [-0.1, -0.05) is 0 Å². The van der Waals surface area contributed by atoms with Crippen LogP contribution < -0.4 is 10.9 Å². The van der Waals surface area contributed by atoms with Gasteiger partial charge in [0.2, 0.25) is 0 Å². The SMILES string of the molecule is O=C1NNC=N[C@@H]1CO. The lowest BCUT2D eigenvalue weighted by Gasteiger charge is -2.13. The van der Waals surface area contributed by atoms with Gasteiger partial charge in [0.15, 0.2) is 6.04 Å². The molecule has 0 bridgehead atoms. The number of hydrogen-bond acceptors (Lipinski definition) is 4. The molecule has 0 saturated heterocycles. The first kappa shape index (κ1) is 6.03. The molecule has 1 amide bonds. The molecule has 1 atom stereocenters. The van der Waals surface area contributed by atoms with E-state index in [0.29, 0.717) is 0 Å². The van der Waals surface area contributed by atoms with Crippen LogP contribution in [0.5, 0.6) is 0 Å². The van der Waals surface area contributed by atoms with Crippen LogP contribution in [0.25, 0.3) is 0 Å². The van der Waals surface area contributed by atoms with E-state index in [2.05, 4.69) is 15.8 Å². The summed E-state index contributed by atoms with van der Waals surface area (Å²) >= 11 is 0. The maximum absolute atomic E-state index is 10.6. The van der Waals surface area contributed by atoms with Crippen molar-refractivity contribution in [1.29, 1.82) is 0 Å². The Morgan fingerprint density at radius 3 is 3.11 bits per heavy atom. The fraction of sp³-hybridized carbons (Fsp3) is 0.500. The second-order valence-corrected chi connectivity index (χ2v) is 1.61. The summed E-state index contributed by atoms with van der Waals surface area (Å²) in [6.45, 7) is -0.246. The molecular weight excluding hydrogens is 122 g/mol. The molecule has 0 unspecified atom stereocenters. The van der Waals surface area contributed by atoms with Gasteiger partial charge in [-0.25, -0.2) is 0 Å². The van der Waals surface area contributed by atoms with E-state index in [1.807, 2.05) is 0 Å². The van der Waals surface area contributed by atoms with Crippen molar-refractivity contribution in [3.8, 4) is 0 Å². The van der Waals surface area contributed by atoms with Crippen LogP contribution in [0, 0.1) is 0 Å². The Morgan fingerprint density at radius 1 is 1.89 bits per heavy atom. The van der Waals surface area contributed by atoms with E-state index in [1.54, 1.807) is 0 Å². The molecule has 1 rings (SSSR count). The minimum atomic E-state index is -0.633. The molecule has 5 nitrogen and oxygen atoms in total. The van der Waals surface area contributed by atoms with Crippen molar-refractivity contribution < 1.29 is 9.90 Å². The van der Waals surface area contributed by atoms with Gasteiger partial charge in [0.25, 0.3) is 5.91 Å². The van der Waals surface area contributed by atoms with Crippen molar-refractivity contribution >= 4 is 12.2 Å². The van der Waals surface area contributed by atoms with Crippen molar-refractivity contribution in [1.82, 2.24) is 10.9 Å². The van der Waals surface area contributed by atoms with E-state index in [1.165, 1.54) is 6.34 Å². The van der Waals surface area contributed by atoms with Crippen molar-refractivity contribution in [2.75, 3.05) is 6.61 Å². The van der Waals surface area contributed by atoms with E-state index in [4.69, 9.17) is 5.11 Å². The fourth-order valence-electron chi connectivity index (χ4n) is 0.512. The fourth-order valence-corrected chi connectivity index (χ4v) is 0.512. The van der Waals surface area contributed by atoms with Crippen LogP contribution in [0.2, 0.25) is 0 Å². The van der Waals surface area contributed by atoms with Crippen molar-refractivity contribution in [2.45, 2.75) is 6.04 Å². The van der Waals surface area contributed by atoms with Crippen LogP contribution in [-0.2, 0) is 4.79 Å². The molecule has 0 spiro atoms. The van der Waals surface area contributed by atoms with E-state index in [0.717, 1.165) is 0 Å². The second kappa shape index (κ2) is 2.45. The van der Waals surface area contributed by atoms with Gasteiger partial charge in [-0.2, -0.15) is 0 Å². The zero-order valence-corrected chi connectivity index (χ0v) is 4.66. The zero-order valence-electron chi connectivity index (χ0n) is 4.66. The van der Waals surface area contributed by atoms with E-state index in [9.17, 15) is 4.79 Å². The van der Waals surface area contributed by atoms with Crippen molar-refractivity contribution in [3.63, 3.8) is 0 Å². The van der Waals surface area contributed by atoms with E-state index >= 15 is 0 Å². The molecule has 0 radical (unpaired) electrons. The van der Waals surface area contributed by atoms with Gasteiger partial charge < -0.3 is 5.11 Å². The second-order valence-electron chi connectivity index (χ2n) is 1.61. The summed E-state index contributed by atoms with van der Waals surface area (Å²) in [7, 11) is 0. The maximum Gasteiger partial charge on any atom is 0.265 e. The molecule has 0 aromatic heterocycles. The summed E-state index contributed by atoms with van der Waals surface area (Å²) in [5, 5.41) is 8.46. The first-order valence-corrected chi connectivity index (χ1v) is 2.52. The molecule has 5 heteroatoms. The molecule has 0 aromatic rings. The van der Waals surface area contributed by atoms with Gasteiger partial charge in [0, 0.05) is 0 Å². The third-order valence-corrected chi connectivity index (χ3v) is 0.990. The average Bonchev–Trinajstić information content (AvgIpc) is 1.89. The van der Waals surface area contributed by atoms with Gasteiger partial charge in [-0.05, 0) is 0 Å². The van der Waals surface area contributed by atoms with Crippen molar-refractivity contribution in [3.05, 3.63) is 0 Å². The Kier molecular flexibility index (Phi) is 1.64. The Bertz CT molecular complexity index is 145. The molecule has 0 aliphatic carbocycles. The minimum Gasteiger partial charge on any atom is -0.394 e. The van der Waals surface area contributed by atoms with Crippen LogP contribution in [0.15, 0.2) is 4.99 Å². The van der Waals surface area contributed by atoms with Gasteiger partial charge in [0.05, 0.1) is 6.61 Å². The monoisotopic (exact) mass is 129 g/mol. The number of carbonyl (C=O) groups is 1. The third kappa shape index (κ3) is 1.17. The molecular formula is C4H7N3O2. The quantitative estimate of drug-likeness (QED) is 0.383. The first-order valence-electron chi connectivity index (χ1n) is 2.52. The van der Waals surface area contributed by atoms with Gasteiger partial charge in [-0.3, -0.25) is 20.6 Å². The standard InChI is InChI=1S/C4H7N3O2/c8-1-3-4(9)7-6-2-5-3/h2-3,8H,1H2,(H,5,6)(H,7,9)/t3-/m1/s1. The van der Waals surface area contributed by atoms with Crippen LogP contribution >= 0.6 is 0 Å². The number of aliphatic hydroxyl groups is 1. The number of amides is 1. The summed E-state index contributed by atoms with van der Waals surface area (Å²) in [5.74, 6) is -0.306. The third-order valence-electron chi connectivity index (χ3n) is 0.990. The van der Waals surface area contributed by atoms with Crippen LogP contribution in [0.3, 0.4) is 0 Å². The van der Waals surface area contributed by atoms with Gasteiger partial charge in [-0.15, -0.1) is 0 Å². The first-order chi connectivity index (χ1) is 4.34. The Balaban J connectivity index is 2.57. The molecule has 0 fully saturated rings. The zero-order chi connectivity index (χ0) is 6.69. The highest BCUT2D eigenvalue weighted by Gasteiger charge is 2.16. The number of carbonyl (C=O) groups excluding carboxylic acids is 1. The molecule has 3 N–H and O–H groups in total. The molecule has 1 aliphatic heterocycles. The number of nitrogens with zero attached hydrogens (tertiary/aromatic N) is 1. The van der Waals surface area contributed by atoms with Gasteiger partial charge >= 0.3 is 0 Å². The molecule has 50 valence electrons. The van der Waals surface area contributed by atoms with E-state index in [-0.39, 0.29) is 12.5 Å². The average molecular weight is 129 g/mol. The molecule has 0 saturated carbocycles. The highest BCUT2D eigenvalue weighted by molar-refractivity contribution is 5.86. The molecule has 9 heavy (non-hydrogen) atoms. The lowest BCUT2D eigenvalue weighted by molar-refractivity contribution is -0.124. The molecule has 1 heterocycles. The Labute approximate surface area is 51.7 Å². The Hall–Kier alpha value is -1.10. The lowest BCUT2D eigenvalue weighted by atomic mass is 10.3. The highest BCUT2D eigenvalue weighted by atomic mass is 16.3. The van der Waals surface area contributed by atoms with Crippen molar-refractivity contribution in [2.24, 2.45) is 4.99 Å². The number of aliphatic imine (C=N–C) groups is 1. The van der Waals surface area contributed by atoms with Crippen LogP contribution in [0.4, 0.5) is 0 Å². The highest BCUT2D eigenvalue weighted by Crippen LogP contribution is 1.89. The number of rotatable bonds is 1. The number of nitrogens with one attached hydrogen (secondary N) is 2. The number of hydrogen-bond donors (Lipinski definition) is 3. The van der Waals surface area contributed by atoms with E-state index < -0.39 is 6.04 Å². The van der Waals surface area contributed by atoms with Crippen LogP contribution in [-0.4, -0.2) is 30.0 Å².